The lowest BCUT2D eigenvalue weighted by atomic mass is 10.3. The van der Waals surface area contributed by atoms with Crippen LogP contribution in [0.3, 0.4) is 0 Å². The van der Waals surface area contributed by atoms with Gasteiger partial charge in [0.1, 0.15) is 4.64 Å². The highest BCUT2D eigenvalue weighted by Crippen LogP contribution is 2.17. The van der Waals surface area contributed by atoms with Gasteiger partial charge in [-0.15, -0.1) is 0 Å². The molecule has 0 spiro atoms. The minimum absolute atomic E-state index is 0.805. The number of hydrogen-bond acceptors (Lipinski definition) is 2. The molecule has 4 heteroatoms. The van der Waals surface area contributed by atoms with Crippen LogP contribution in [0.4, 0.5) is 0 Å². The van der Waals surface area contributed by atoms with E-state index >= 15 is 0 Å². The number of aryl methyl sites for hydroxylation is 2. The van der Waals surface area contributed by atoms with E-state index in [1.54, 1.807) is 0 Å². The maximum atomic E-state index is 5.39. The monoisotopic (exact) mass is 229 g/mol. The second-order valence-electron chi connectivity index (χ2n) is 3.92. The first-order valence-corrected chi connectivity index (χ1v) is 5.53. The van der Waals surface area contributed by atoms with Crippen LogP contribution in [-0.2, 0) is 7.05 Å². The summed E-state index contributed by atoms with van der Waals surface area (Å²) in [6.45, 7) is 2.04. The quantitative estimate of drug-likeness (QED) is 0.553. The topological polar surface area (TPSA) is 22.2 Å². The number of rotatable bonds is 0. The molecule has 0 aliphatic heterocycles. The van der Waals surface area contributed by atoms with Gasteiger partial charge in [-0.1, -0.05) is 24.4 Å². The van der Waals surface area contributed by atoms with Gasteiger partial charge in [0.2, 0.25) is 5.78 Å². The lowest BCUT2D eigenvalue weighted by Crippen LogP contribution is -2.03. The van der Waals surface area contributed by atoms with Gasteiger partial charge in [0.05, 0.1) is 11.0 Å². The Morgan fingerprint density at radius 3 is 2.81 bits per heavy atom. The standard InChI is InChI=1S/C12H11N3S/c1-8-7-11(16)15-10-6-4-3-5-9(10)13-12(15)14(8)2/h3-7H,1-2H3. The molecule has 0 atom stereocenters. The van der Waals surface area contributed by atoms with E-state index in [0.717, 1.165) is 27.1 Å². The van der Waals surface area contributed by atoms with Crippen LogP contribution in [0.15, 0.2) is 30.3 Å². The number of fused-ring (bicyclic) bond motifs is 3. The Bertz CT molecular complexity index is 752. The highest BCUT2D eigenvalue weighted by Gasteiger charge is 2.07. The second-order valence-corrected chi connectivity index (χ2v) is 4.34. The number of hydrogen-bond donors (Lipinski definition) is 0. The lowest BCUT2D eigenvalue weighted by molar-refractivity contribution is 0.841. The first-order valence-electron chi connectivity index (χ1n) is 5.12. The van der Waals surface area contributed by atoms with Gasteiger partial charge in [0.15, 0.2) is 0 Å². The van der Waals surface area contributed by atoms with Crippen LogP contribution in [0.1, 0.15) is 5.69 Å². The Morgan fingerprint density at radius 2 is 2.00 bits per heavy atom. The van der Waals surface area contributed by atoms with Crippen molar-refractivity contribution < 1.29 is 0 Å². The molecule has 2 aromatic heterocycles. The SMILES string of the molecule is Cc1cc(=S)n2c3ccccc3nc2n1C. The molecule has 0 bridgehead atoms. The predicted molar refractivity (Wildman–Crippen MR) is 67.2 cm³/mol. The molecule has 0 saturated carbocycles. The molecule has 3 rings (SSSR count). The van der Waals surface area contributed by atoms with E-state index in [1.165, 1.54) is 0 Å². The average Bonchev–Trinajstić information content (AvgIpc) is 2.65. The molecule has 0 radical (unpaired) electrons. The van der Waals surface area contributed by atoms with Crippen molar-refractivity contribution in [3.05, 3.63) is 40.7 Å². The summed E-state index contributed by atoms with van der Waals surface area (Å²) in [6, 6.07) is 10.0. The third-order valence-electron chi connectivity index (χ3n) is 2.92. The molecule has 0 N–H and O–H groups in total. The number of imidazole rings is 1. The largest absolute Gasteiger partial charge is 0.319 e. The molecular weight excluding hydrogens is 218 g/mol. The number of benzene rings is 1. The summed E-state index contributed by atoms with van der Waals surface area (Å²) in [5.41, 5.74) is 3.17. The first-order chi connectivity index (χ1) is 7.68. The van der Waals surface area contributed by atoms with E-state index in [4.69, 9.17) is 12.2 Å². The van der Waals surface area contributed by atoms with Gasteiger partial charge in [-0.2, -0.15) is 0 Å². The molecule has 2 heterocycles. The first kappa shape index (κ1) is 9.54. The van der Waals surface area contributed by atoms with E-state index in [0.29, 0.717) is 0 Å². The molecule has 0 aliphatic carbocycles. The summed E-state index contributed by atoms with van der Waals surface area (Å²) < 4.78 is 4.87. The molecule has 0 aliphatic rings. The number of para-hydroxylation sites is 2. The van der Waals surface area contributed by atoms with Gasteiger partial charge in [-0.3, -0.25) is 4.40 Å². The Labute approximate surface area is 98.0 Å². The zero-order chi connectivity index (χ0) is 11.3. The van der Waals surface area contributed by atoms with Crippen molar-refractivity contribution in [1.82, 2.24) is 14.0 Å². The van der Waals surface area contributed by atoms with E-state index in [1.807, 2.05) is 48.7 Å². The molecule has 16 heavy (non-hydrogen) atoms. The van der Waals surface area contributed by atoms with Gasteiger partial charge < -0.3 is 4.57 Å². The average molecular weight is 229 g/mol. The molecule has 0 amide bonds. The van der Waals surface area contributed by atoms with Gasteiger partial charge in [0, 0.05) is 12.7 Å². The maximum Gasteiger partial charge on any atom is 0.215 e. The van der Waals surface area contributed by atoms with Crippen LogP contribution in [-0.4, -0.2) is 14.0 Å². The van der Waals surface area contributed by atoms with E-state index in [2.05, 4.69) is 9.55 Å². The molecule has 0 unspecified atom stereocenters. The van der Waals surface area contributed by atoms with Crippen LogP contribution in [0.5, 0.6) is 0 Å². The fraction of sp³-hybridized carbons (Fsp3) is 0.167. The Morgan fingerprint density at radius 1 is 1.25 bits per heavy atom. The van der Waals surface area contributed by atoms with Crippen molar-refractivity contribution in [1.29, 1.82) is 0 Å². The fourth-order valence-corrected chi connectivity index (χ4v) is 2.30. The molecule has 1 aromatic carbocycles. The van der Waals surface area contributed by atoms with Crippen LogP contribution in [0.25, 0.3) is 16.8 Å². The summed E-state index contributed by atoms with van der Waals surface area (Å²) in [6.07, 6.45) is 0. The van der Waals surface area contributed by atoms with Crippen LogP contribution < -0.4 is 0 Å². The highest BCUT2D eigenvalue weighted by molar-refractivity contribution is 7.71. The molecule has 0 fully saturated rings. The van der Waals surface area contributed by atoms with Gasteiger partial charge in [-0.05, 0) is 25.1 Å². The number of nitrogens with zero attached hydrogens (tertiary/aromatic N) is 3. The minimum Gasteiger partial charge on any atom is -0.319 e. The van der Waals surface area contributed by atoms with Crippen molar-refractivity contribution in [3.8, 4) is 0 Å². The highest BCUT2D eigenvalue weighted by atomic mass is 32.1. The zero-order valence-corrected chi connectivity index (χ0v) is 9.95. The van der Waals surface area contributed by atoms with Crippen molar-refractivity contribution in [3.63, 3.8) is 0 Å². The summed E-state index contributed by atoms with van der Waals surface area (Å²) in [5, 5.41) is 0. The molecular formula is C12H11N3S. The van der Waals surface area contributed by atoms with Crippen LogP contribution in [0.2, 0.25) is 0 Å². The fourth-order valence-electron chi connectivity index (χ4n) is 1.95. The Balaban J connectivity index is 2.70. The van der Waals surface area contributed by atoms with Crippen molar-refractivity contribution in [2.45, 2.75) is 6.92 Å². The second kappa shape index (κ2) is 3.15. The Hall–Kier alpha value is -1.68. The molecule has 3 nitrogen and oxygen atoms in total. The Kier molecular flexibility index (Phi) is 1.88. The van der Waals surface area contributed by atoms with E-state index in [9.17, 15) is 0 Å². The summed E-state index contributed by atoms with van der Waals surface area (Å²) in [7, 11) is 2.01. The summed E-state index contributed by atoms with van der Waals surface area (Å²) >= 11 is 5.39. The normalized spacial score (nSPS) is 11.4. The van der Waals surface area contributed by atoms with Crippen molar-refractivity contribution in [2.24, 2.45) is 7.05 Å². The summed E-state index contributed by atoms with van der Waals surface area (Å²) in [4.78, 5) is 4.60. The van der Waals surface area contributed by atoms with E-state index < -0.39 is 0 Å². The summed E-state index contributed by atoms with van der Waals surface area (Å²) in [5.74, 6) is 0.895. The van der Waals surface area contributed by atoms with Gasteiger partial charge in [0.25, 0.3) is 0 Å². The molecule has 80 valence electrons. The zero-order valence-electron chi connectivity index (χ0n) is 9.14. The van der Waals surface area contributed by atoms with Crippen LogP contribution in [0, 0.1) is 11.6 Å². The lowest BCUT2D eigenvalue weighted by Gasteiger charge is -2.06. The van der Waals surface area contributed by atoms with Crippen molar-refractivity contribution in [2.75, 3.05) is 0 Å². The molecule has 3 aromatic rings. The van der Waals surface area contributed by atoms with Gasteiger partial charge >= 0.3 is 0 Å². The van der Waals surface area contributed by atoms with Crippen molar-refractivity contribution >= 4 is 29.0 Å². The van der Waals surface area contributed by atoms with Crippen LogP contribution >= 0.6 is 12.2 Å². The third kappa shape index (κ3) is 1.13. The van der Waals surface area contributed by atoms with E-state index in [-0.39, 0.29) is 0 Å². The van der Waals surface area contributed by atoms with Gasteiger partial charge in [-0.25, -0.2) is 4.98 Å². The third-order valence-corrected chi connectivity index (χ3v) is 3.23. The smallest absolute Gasteiger partial charge is 0.215 e. The predicted octanol–water partition coefficient (Wildman–Crippen LogP) is 2.86. The minimum atomic E-state index is 0.805. The molecule has 0 saturated heterocycles. The number of aromatic nitrogens is 3. The maximum absolute atomic E-state index is 5.39.